The highest BCUT2D eigenvalue weighted by molar-refractivity contribution is 5.94. The Morgan fingerprint density at radius 2 is 2.04 bits per heavy atom. The molecule has 0 aliphatic carbocycles. The Labute approximate surface area is 148 Å². The Balaban J connectivity index is 0.00000208. The summed E-state index contributed by atoms with van der Waals surface area (Å²) in [4.78, 5) is 11.5. The largest absolute Gasteiger partial charge is 0.391 e. The van der Waals surface area contributed by atoms with Gasteiger partial charge in [0.05, 0.1) is 6.10 Å². The van der Waals surface area contributed by atoms with Crippen molar-refractivity contribution < 1.29 is 9.90 Å². The fourth-order valence-electron chi connectivity index (χ4n) is 3.25. The minimum Gasteiger partial charge on any atom is -0.391 e. The van der Waals surface area contributed by atoms with Gasteiger partial charge in [-0.05, 0) is 36.1 Å². The summed E-state index contributed by atoms with van der Waals surface area (Å²) >= 11 is 0. The molecule has 1 heterocycles. The van der Waals surface area contributed by atoms with Gasteiger partial charge in [0.15, 0.2) is 0 Å². The monoisotopic (exact) mass is 346 g/mol. The van der Waals surface area contributed by atoms with E-state index in [0.29, 0.717) is 12.0 Å². The number of primary amides is 1. The lowest BCUT2D eigenvalue weighted by Gasteiger charge is -2.30. The molecule has 0 spiro atoms. The number of benzene rings is 2. The maximum absolute atomic E-state index is 11.5. The van der Waals surface area contributed by atoms with Crippen LogP contribution in [0.15, 0.2) is 42.5 Å². The third kappa shape index (κ3) is 3.96. The van der Waals surface area contributed by atoms with Gasteiger partial charge in [0.1, 0.15) is 0 Å². The van der Waals surface area contributed by atoms with Crippen molar-refractivity contribution >= 4 is 18.3 Å². The molecule has 2 atom stereocenters. The molecule has 0 fully saturated rings. The van der Waals surface area contributed by atoms with Crippen molar-refractivity contribution in [2.24, 2.45) is 5.73 Å². The van der Waals surface area contributed by atoms with Crippen LogP contribution in [0.5, 0.6) is 0 Å². The van der Waals surface area contributed by atoms with Crippen LogP contribution in [-0.4, -0.2) is 23.2 Å². The third-order valence-electron chi connectivity index (χ3n) is 4.53. The van der Waals surface area contributed by atoms with Gasteiger partial charge in [0.2, 0.25) is 5.91 Å². The van der Waals surface area contributed by atoms with Crippen LogP contribution >= 0.6 is 12.4 Å². The highest BCUT2D eigenvalue weighted by Crippen LogP contribution is 2.21. The Bertz CT molecular complexity index is 733. The molecular weight excluding hydrogens is 324 g/mol. The molecule has 1 amide bonds. The summed E-state index contributed by atoms with van der Waals surface area (Å²) in [5, 5.41) is 14.0. The van der Waals surface area contributed by atoms with E-state index in [4.69, 9.17) is 5.73 Å². The van der Waals surface area contributed by atoms with Gasteiger partial charge in [-0.25, -0.2) is 0 Å². The number of aliphatic hydroxyl groups excluding tert-OH is 1. The number of aryl methyl sites for hydroxylation is 1. The second-order valence-corrected chi connectivity index (χ2v) is 6.26. The van der Waals surface area contributed by atoms with Gasteiger partial charge in [-0.15, -0.1) is 12.4 Å². The molecule has 2 aromatic carbocycles. The molecule has 0 saturated carbocycles. The van der Waals surface area contributed by atoms with Crippen LogP contribution in [0.3, 0.4) is 0 Å². The minimum absolute atomic E-state index is 0. The highest BCUT2D eigenvalue weighted by Gasteiger charge is 2.25. The first-order chi connectivity index (χ1) is 11.0. The topological polar surface area (TPSA) is 75.3 Å². The summed E-state index contributed by atoms with van der Waals surface area (Å²) in [7, 11) is 0. The number of hydrogen-bond acceptors (Lipinski definition) is 3. The lowest BCUT2D eigenvalue weighted by molar-refractivity contribution is 0.0995. The maximum atomic E-state index is 11.5. The number of hydrogen-bond donors (Lipinski definition) is 3. The minimum atomic E-state index is -0.566. The number of carbonyl (C=O) groups is 1. The average Bonchev–Trinajstić information content (AvgIpc) is 2.54. The molecular formula is C19H23ClN2O2. The highest BCUT2D eigenvalue weighted by atomic mass is 35.5. The fraction of sp³-hybridized carbons (Fsp3) is 0.316. The van der Waals surface area contributed by atoms with Gasteiger partial charge in [-0.1, -0.05) is 42.0 Å². The molecule has 4 N–H and O–H groups in total. The molecule has 0 unspecified atom stereocenters. The zero-order chi connectivity index (χ0) is 16.4. The van der Waals surface area contributed by atoms with Gasteiger partial charge in [0, 0.05) is 24.6 Å². The molecule has 24 heavy (non-hydrogen) atoms. The zero-order valence-corrected chi connectivity index (χ0v) is 14.5. The lowest BCUT2D eigenvalue weighted by atomic mass is 9.89. The predicted octanol–water partition coefficient (Wildman–Crippen LogP) is 2.13. The first kappa shape index (κ1) is 18.5. The first-order valence-corrected chi connectivity index (χ1v) is 7.92. The second-order valence-electron chi connectivity index (χ2n) is 6.26. The summed E-state index contributed by atoms with van der Waals surface area (Å²) in [6.45, 7) is 2.84. The number of nitrogens with two attached hydrogens (primary N) is 1. The van der Waals surface area contributed by atoms with Gasteiger partial charge < -0.3 is 16.2 Å². The summed E-state index contributed by atoms with van der Waals surface area (Å²) in [6, 6.07) is 13.6. The van der Waals surface area contributed by atoms with E-state index in [2.05, 4.69) is 30.4 Å². The maximum Gasteiger partial charge on any atom is 0.248 e. The summed E-state index contributed by atoms with van der Waals surface area (Å²) in [6.07, 6.45) is 0.638. The van der Waals surface area contributed by atoms with Gasteiger partial charge in [0.25, 0.3) is 0 Å². The number of aliphatic hydroxyl groups is 1. The van der Waals surface area contributed by atoms with E-state index in [0.717, 1.165) is 18.5 Å². The van der Waals surface area contributed by atoms with Crippen LogP contribution in [0.4, 0.5) is 0 Å². The van der Waals surface area contributed by atoms with Crippen LogP contribution < -0.4 is 11.1 Å². The molecule has 0 bridgehead atoms. The normalized spacial score (nSPS) is 17.5. The number of nitrogens with one attached hydrogen (secondary N) is 1. The number of carbonyl (C=O) groups excluding carboxylic acids is 1. The Morgan fingerprint density at radius 3 is 2.79 bits per heavy atom. The lowest BCUT2D eigenvalue weighted by Crippen LogP contribution is -2.45. The summed E-state index contributed by atoms with van der Waals surface area (Å²) in [5.41, 5.74) is 10.5. The number of fused-ring (bicyclic) bond motifs is 1. The molecule has 5 heteroatoms. The van der Waals surface area contributed by atoms with Crippen molar-refractivity contribution in [3.05, 3.63) is 70.3 Å². The van der Waals surface area contributed by atoms with Crippen molar-refractivity contribution in [3.8, 4) is 0 Å². The van der Waals surface area contributed by atoms with Gasteiger partial charge in [-0.2, -0.15) is 0 Å². The van der Waals surface area contributed by atoms with Crippen LogP contribution in [-0.2, 0) is 19.4 Å². The zero-order valence-electron chi connectivity index (χ0n) is 13.7. The van der Waals surface area contributed by atoms with Crippen molar-refractivity contribution in [2.45, 2.75) is 38.5 Å². The molecule has 1 aliphatic rings. The number of amides is 1. The molecule has 0 aromatic heterocycles. The Kier molecular flexibility index (Phi) is 5.99. The van der Waals surface area contributed by atoms with E-state index >= 15 is 0 Å². The first-order valence-electron chi connectivity index (χ1n) is 7.92. The van der Waals surface area contributed by atoms with Gasteiger partial charge >= 0.3 is 0 Å². The predicted molar refractivity (Wildman–Crippen MR) is 97.4 cm³/mol. The summed E-state index contributed by atoms with van der Waals surface area (Å²) < 4.78 is 0. The molecule has 1 aliphatic heterocycles. The van der Waals surface area contributed by atoms with E-state index in [1.807, 2.05) is 12.1 Å². The average molecular weight is 347 g/mol. The molecule has 4 nitrogen and oxygen atoms in total. The van der Waals surface area contributed by atoms with Crippen molar-refractivity contribution in [1.29, 1.82) is 0 Å². The Hall–Kier alpha value is -1.88. The molecule has 0 saturated heterocycles. The molecule has 2 aromatic rings. The fourth-order valence-corrected chi connectivity index (χ4v) is 3.25. The van der Waals surface area contributed by atoms with Crippen molar-refractivity contribution in [1.82, 2.24) is 5.32 Å². The van der Waals surface area contributed by atoms with Crippen molar-refractivity contribution in [3.63, 3.8) is 0 Å². The van der Waals surface area contributed by atoms with Crippen LogP contribution in [0, 0.1) is 6.92 Å². The smallest absolute Gasteiger partial charge is 0.248 e. The van der Waals surface area contributed by atoms with E-state index in [9.17, 15) is 9.90 Å². The number of halogens is 1. The van der Waals surface area contributed by atoms with E-state index < -0.39 is 12.0 Å². The Morgan fingerprint density at radius 1 is 1.29 bits per heavy atom. The van der Waals surface area contributed by atoms with E-state index in [1.165, 1.54) is 16.7 Å². The van der Waals surface area contributed by atoms with Crippen LogP contribution in [0.1, 0.15) is 32.6 Å². The van der Waals surface area contributed by atoms with Crippen LogP contribution in [0.25, 0.3) is 0 Å². The van der Waals surface area contributed by atoms with Crippen molar-refractivity contribution in [2.75, 3.05) is 0 Å². The SMILES string of the molecule is Cc1ccc2c(c1)C[C@@H]([C@H](O)Cc1ccccc1C(N)=O)NC2.Cl. The quantitative estimate of drug-likeness (QED) is 0.794. The second kappa shape index (κ2) is 7.79. The molecule has 3 rings (SSSR count). The van der Waals surface area contributed by atoms with E-state index in [1.54, 1.807) is 12.1 Å². The van der Waals surface area contributed by atoms with Gasteiger partial charge in [-0.3, -0.25) is 4.79 Å². The van der Waals surface area contributed by atoms with Crippen LogP contribution in [0.2, 0.25) is 0 Å². The number of rotatable bonds is 4. The molecule has 128 valence electrons. The standard InChI is InChI=1S/C19H22N2O2.ClH/c1-12-6-7-14-11-21-17(9-15(14)8-12)18(22)10-13-4-2-3-5-16(13)19(20)23;/h2-8,17-18,21-22H,9-11H2,1H3,(H2,20,23);1H/t17-,18+;/m0./s1. The van der Waals surface area contributed by atoms with E-state index in [-0.39, 0.29) is 18.4 Å². The molecule has 0 radical (unpaired) electrons. The summed E-state index contributed by atoms with van der Waals surface area (Å²) in [5.74, 6) is -0.453. The third-order valence-corrected chi connectivity index (χ3v) is 4.53.